The molecule has 5 nitrogen and oxygen atoms in total. The van der Waals surface area contributed by atoms with Crippen LogP contribution < -0.4 is 15.1 Å². The Kier molecular flexibility index (Phi) is 6.06. The molecular formula is C24H29N3O2. The summed E-state index contributed by atoms with van der Waals surface area (Å²) in [5, 5.41) is 4.15. The second-order valence-electron chi connectivity index (χ2n) is 7.93. The molecule has 0 unspecified atom stereocenters. The first kappa shape index (κ1) is 20.6. The number of methoxy groups -OCH3 is 1. The molecule has 152 valence electrons. The van der Waals surface area contributed by atoms with Crippen molar-refractivity contribution in [1.82, 2.24) is 5.43 Å². The van der Waals surface area contributed by atoms with Gasteiger partial charge in [0.1, 0.15) is 5.75 Å². The Balaban J connectivity index is 1.72. The number of aryl methyl sites for hydroxylation is 1. The first-order chi connectivity index (χ1) is 13.8. The molecule has 0 saturated heterocycles. The fourth-order valence-corrected chi connectivity index (χ4v) is 3.60. The van der Waals surface area contributed by atoms with E-state index in [1.54, 1.807) is 13.3 Å². The third-order valence-corrected chi connectivity index (χ3v) is 5.44. The first-order valence-electron chi connectivity index (χ1n) is 9.83. The summed E-state index contributed by atoms with van der Waals surface area (Å²) in [6.07, 6.45) is 4.99. The van der Waals surface area contributed by atoms with Gasteiger partial charge in [0.05, 0.1) is 18.9 Å². The van der Waals surface area contributed by atoms with Gasteiger partial charge in [0, 0.05) is 36.3 Å². The summed E-state index contributed by atoms with van der Waals surface area (Å²) in [5.74, 6) is 0.614. The van der Waals surface area contributed by atoms with E-state index in [1.807, 2.05) is 36.4 Å². The lowest BCUT2D eigenvalue weighted by atomic mass is 9.88. The van der Waals surface area contributed by atoms with Gasteiger partial charge in [0.25, 0.3) is 0 Å². The molecule has 0 aromatic heterocycles. The number of anilines is 1. The molecule has 0 atom stereocenters. The van der Waals surface area contributed by atoms with Gasteiger partial charge in [-0.25, -0.2) is 5.43 Å². The van der Waals surface area contributed by atoms with E-state index in [1.165, 1.54) is 5.57 Å². The number of hydrazone groups is 1. The number of likely N-dealkylation sites (N-methyl/N-ethyl adjacent to an activating group) is 1. The van der Waals surface area contributed by atoms with E-state index in [0.29, 0.717) is 12.8 Å². The molecular weight excluding hydrogens is 362 g/mol. The molecule has 1 amide bonds. The highest BCUT2D eigenvalue weighted by molar-refractivity contribution is 5.91. The molecule has 0 fully saturated rings. The summed E-state index contributed by atoms with van der Waals surface area (Å²) in [5.41, 5.74) is 8.00. The van der Waals surface area contributed by atoms with Gasteiger partial charge < -0.3 is 9.64 Å². The van der Waals surface area contributed by atoms with Crippen LogP contribution in [0, 0.1) is 0 Å². The number of rotatable bonds is 6. The van der Waals surface area contributed by atoms with Gasteiger partial charge in [-0.05, 0) is 44.4 Å². The van der Waals surface area contributed by atoms with Crippen molar-refractivity contribution in [1.29, 1.82) is 0 Å². The Bertz CT molecular complexity index is 946. The molecule has 3 rings (SSSR count). The molecule has 0 spiro atoms. The number of nitrogens with one attached hydrogen (secondary N) is 1. The maximum absolute atomic E-state index is 12.1. The normalized spacial score (nSPS) is 15.1. The van der Waals surface area contributed by atoms with Crippen LogP contribution in [0.15, 0.2) is 53.6 Å². The number of allylic oxidation sites excluding steroid dienone is 1. The minimum absolute atomic E-state index is 0.0651. The highest BCUT2D eigenvalue weighted by Gasteiger charge is 2.29. The van der Waals surface area contributed by atoms with Gasteiger partial charge in [-0.2, -0.15) is 5.10 Å². The van der Waals surface area contributed by atoms with E-state index < -0.39 is 0 Å². The third kappa shape index (κ3) is 4.67. The number of carbonyl (C=O) groups is 1. The predicted octanol–water partition coefficient (Wildman–Crippen LogP) is 4.41. The third-order valence-electron chi connectivity index (χ3n) is 5.44. The van der Waals surface area contributed by atoms with Gasteiger partial charge >= 0.3 is 0 Å². The number of hydrogen-bond acceptors (Lipinski definition) is 4. The van der Waals surface area contributed by atoms with Gasteiger partial charge in [0.2, 0.25) is 5.91 Å². The van der Waals surface area contributed by atoms with Crippen molar-refractivity contribution < 1.29 is 9.53 Å². The molecule has 29 heavy (non-hydrogen) atoms. The number of hydrogen-bond donors (Lipinski definition) is 1. The van der Waals surface area contributed by atoms with Crippen LogP contribution in [0.4, 0.5) is 5.69 Å². The summed E-state index contributed by atoms with van der Waals surface area (Å²) in [6, 6.07) is 14.0. The Morgan fingerprint density at radius 1 is 1.24 bits per heavy atom. The summed E-state index contributed by atoms with van der Waals surface area (Å²) in [6.45, 7) is 6.49. The first-order valence-corrected chi connectivity index (χ1v) is 9.83. The number of carbonyl (C=O) groups excluding carboxylic acids is 1. The van der Waals surface area contributed by atoms with Gasteiger partial charge in [-0.1, -0.05) is 36.4 Å². The number of benzene rings is 2. The monoisotopic (exact) mass is 391 g/mol. The molecule has 1 heterocycles. The molecule has 0 radical (unpaired) electrons. The van der Waals surface area contributed by atoms with Crippen molar-refractivity contribution in [3.63, 3.8) is 0 Å². The van der Waals surface area contributed by atoms with Crippen LogP contribution >= 0.6 is 0 Å². The van der Waals surface area contributed by atoms with E-state index in [2.05, 4.69) is 55.4 Å². The molecule has 5 heteroatoms. The zero-order valence-corrected chi connectivity index (χ0v) is 17.8. The lowest BCUT2D eigenvalue weighted by Crippen LogP contribution is -2.42. The fraction of sp³-hybridized carbons (Fsp3) is 0.333. The average Bonchev–Trinajstić information content (AvgIpc) is 2.71. The van der Waals surface area contributed by atoms with Crippen molar-refractivity contribution in [2.24, 2.45) is 5.10 Å². The van der Waals surface area contributed by atoms with E-state index >= 15 is 0 Å². The van der Waals surface area contributed by atoms with E-state index in [0.717, 1.165) is 28.1 Å². The van der Waals surface area contributed by atoms with E-state index in [4.69, 9.17) is 4.74 Å². The standard InChI is InChI=1S/C24H29N3O2/c1-17-15-24(2,3)27(4)21-14-22(29-5)19(13-20(17)21)16-25-26-23(28)12-11-18-9-7-6-8-10-18/h6-10,13-16H,11-12H2,1-5H3,(H,26,28)/b25-16+. The largest absolute Gasteiger partial charge is 0.496 e. The van der Waals surface area contributed by atoms with Crippen molar-refractivity contribution >= 4 is 23.4 Å². The van der Waals surface area contributed by atoms with Gasteiger partial charge in [0.15, 0.2) is 0 Å². The average molecular weight is 392 g/mol. The van der Waals surface area contributed by atoms with Crippen LogP contribution in [0.25, 0.3) is 5.57 Å². The Labute approximate surface area is 173 Å². The second kappa shape index (κ2) is 8.52. The molecule has 0 aliphatic carbocycles. The van der Waals surface area contributed by atoms with Crippen molar-refractivity contribution in [3.05, 3.63) is 65.2 Å². The summed E-state index contributed by atoms with van der Waals surface area (Å²) in [7, 11) is 3.73. The van der Waals surface area contributed by atoms with Crippen molar-refractivity contribution in [2.45, 2.75) is 39.2 Å². The van der Waals surface area contributed by atoms with Crippen molar-refractivity contribution in [3.8, 4) is 5.75 Å². The van der Waals surface area contributed by atoms with Crippen LogP contribution in [0.2, 0.25) is 0 Å². The van der Waals surface area contributed by atoms with Crippen LogP contribution in [-0.4, -0.2) is 31.8 Å². The van der Waals surface area contributed by atoms with Gasteiger partial charge in [-0.15, -0.1) is 0 Å². The van der Waals surface area contributed by atoms with Crippen molar-refractivity contribution in [2.75, 3.05) is 19.1 Å². The summed E-state index contributed by atoms with van der Waals surface area (Å²) >= 11 is 0. The van der Waals surface area contributed by atoms with Crippen LogP contribution in [0.5, 0.6) is 5.75 Å². The SMILES string of the molecule is COc1cc2c(cc1/C=N/NC(=O)CCc1ccccc1)C(C)=CC(C)(C)N2C. The summed E-state index contributed by atoms with van der Waals surface area (Å²) in [4.78, 5) is 14.3. The molecule has 1 aliphatic heterocycles. The van der Waals surface area contributed by atoms with Crippen LogP contribution in [0.3, 0.4) is 0 Å². The van der Waals surface area contributed by atoms with Crippen LogP contribution in [0.1, 0.15) is 43.9 Å². The molecule has 2 aromatic rings. The Morgan fingerprint density at radius 2 is 1.97 bits per heavy atom. The Hall–Kier alpha value is -3.08. The number of nitrogens with zero attached hydrogens (tertiary/aromatic N) is 2. The topological polar surface area (TPSA) is 53.9 Å². The zero-order valence-electron chi connectivity index (χ0n) is 17.8. The lowest BCUT2D eigenvalue weighted by molar-refractivity contribution is -0.121. The molecule has 0 bridgehead atoms. The van der Waals surface area contributed by atoms with Gasteiger partial charge in [-0.3, -0.25) is 4.79 Å². The minimum Gasteiger partial charge on any atom is -0.496 e. The highest BCUT2D eigenvalue weighted by Crippen LogP contribution is 2.40. The van der Waals surface area contributed by atoms with E-state index in [9.17, 15) is 4.79 Å². The molecule has 1 N–H and O–H groups in total. The highest BCUT2D eigenvalue weighted by atomic mass is 16.5. The fourth-order valence-electron chi connectivity index (χ4n) is 3.60. The number of amides is 1. The minimum atomic E-state index is -0.111. The Morgan fingerprint density at radius 3 is 2.66 bits per heavy atom. The predicted molar refractivity (Wildman–Crippen MR) is 120 cm³/mol. The smallest absolute Gasteiger partial charge is 0.240 e. The molecule has 1 aliphatic rings. The lowest BCUT2D eigenvalue weighted by Gasteiger charge is -2.40. The number of fused-ring (bicyclic) bond motifs is 1. The van der Waals surface area contributed by atoms with E-state index in [-0.39, 0.29) is 11.4 Å². The summed E-state index contributed by atoms with van der Waals surface area (Å²) < 4.78 is 5.58. The van der Waals surface area contributed by atoms with Crippen LogP contribution in [-0.2, 0) is 11.2 Å². The molecule has 0 saturated carbocycles. The number of ether oxygens (including phenoxy) is 1. The second-order valence-corrected chi connectivity index (χ2v) is 7.93. The maximum atomic E-state index is 12.1. The maximum Gasteiger partial charge on any atom is 0.240 e. The zero-order chi connectivity index (χ0) is 21.0. The quantitative estimate of drug-likeness (QED) is 0.586. The molecule has 2 aromatic carbocycles.